The van der Waals surface area contributed by atoms with Crippen molar-refractivity contribution in [3.8, 4) is 0 Å². The fourth-order valence-electron chi connectivity index (χ4n) is 3.46. The Kier molecular flexibility index (Phi) is 10.3. The van der Waals surface area contributed by atoms with E-state index in [0.29, 0.717) is 0 Å². The number of hydrogen-bond donors (Lipinski definition) is 0. The number of nitrogens with zero attached hydrogens (tertiary/aromatic N) is 4. The van der Waals surface area contributed by atoms with Crippen LogP contribution in [0.25, 0.3) is 0 Å². The Hall–Kier alpha value is -1.75. The van der Waals surface area contributed by atoms with Gasteiger partial charge in [-0.1, -0.05) is 55.8 Å². The minimum atomic E-state index is 0.858. The zero-order valence-electron chi connectivity index (χ0n) is 18.5. The first kappa shape index (κ1) is 23.5. The monoisotopic (exact) mass is 416 g/mol. The average Bonchev–Trinajstić information content (AvgIpc) is 2.78. The fourth-order valence-corrected chi connectivity index (χ4v) is 3.71. The molecule has 4 rings (SSSR count). The Morgan fingerprint density at radius 1 is 0.586 bits per heavy atom. The van der Waals surface area contributed by atoms with Crippen LogP contribution in [0.4, 0.5) is 11.4 Å². The van der Waals surface area contributed by atoms with Gasteiger partial charge in [-0.3, -0.25) is 0 Å². The lowest BCUT2D eigenvalue weighted by atomic mass is 10.2. The molecule has 0 spiro atoms. The first-order valence-corrected chi connectivity index (χ1v) is 11.2. The van der Waals surface area contributed by atoms with Crippen molar-refractivity contribution in [2.75, 3.05) is 76.3 Å². The molecule has 0 amide bonds. The Morgan fingerprint density at radius 3 is 1.55 bits per heavy atom. The molecule has 2 aromatic carbocycles. The number of likely N-dealkylation sites (N-methyl/N-ethyl adjacent to an activating group) is 2. The lowest BCUT2D eigenvalue weighted by Gasteiger charge is -2.34. The summed E-state index contributed by atoms with van der Waals surface area (Å²) >= 11 is 6.14. The summed E-state index contributed by atoms with van der Waals surface area (Å²) in [5.74, 6) is 0. The smallest absolute Gasteiger partial charge is 0.0639 e. The summed E-state index contributed by atoms with van der Waals surface area (Å²) in [6.45, 7) is 13.0. The van der Waals surface area contributed by atoms with Crippen molar-refractivity contribution < 1.29 is 0 Å². The minimum absolute atomic E-state index is 0.858. The van der Waals surface area contributed by atoms with Crippen molar-refractivity contribution in [2.45, 2.75) is 13.8 Å². The summed E-state index contributed by atoms with van der Waals surface area (Å²) < 4.78 is 0. The number of halogens is 1. The Morgan fingerprint density at radius 2 is 1.03 bits per heavy atom. The van der Waals surface area contributed by atoms with E-state index in [9.17, 15) is 0 Å². The van der Waals surface area contributed by atoms with Gasteiger partial charge in [0.2, 0.25) is 0 Å². The van der Waals surface area contributed by atoms with Crippen LogP contribution in [0.5, 0.6) is 0 Å². The molecule has 2 aliphatic rings. The molecule has 2 fully saturated rings. The second-order valence-corrected chi connectivity index (χ2v) is 7.77. The van der Waals surface area contributed by atoms with Crippen LogP contribution >= 0.6 is 11.6 Å². The molecule has 160 valence electrons. The number of hydrogen-bond acceptors (Lipinski definition) is 4. The standard InChI is InChI=1S/C11H15ClN2.C11H16N2.C2H6/c1-13-6-8-14(9-7-13)11-5-3-2-4-10(11)12;1-12-7-9-13(10-8-12)11-5-3-2-4-6-11;1-2/h2-5H,6-9H2,1H3;2-6H,7-10H2,1H3;1-2H3. The molecule has 0 atom stereocenters. The summed E-state index contributed by atoms with van der Waals surface area (Å²) in [6.07, 6.45) is 0. The van der Waals surface area contributed by atoms with Crippen molar-refractivity contribution in [2.24, 2.45) is 0 Å². The summed E-state index contributed by atoms with van der Waals surface area (Å²) in [5.41, 5.74) is 2.53. The van der Waals surface area contributed by atoms with Crippen LogP contribution in [-0.2, 0) is 0 Å². The molecule has 0 aliphatic carbocycles. The van der Waals surface area contributed by atoms with Crippen LogP contribution in [0.15, 0.2) is 54.6 Å². The molecule has 2 aromatic rings. The summed E-state index contributed by atoms with van der Waals surface area (Å²) in [7, 11) is 4.34. The van der Waals surface area contributed by atoms with E-state index in [2.05, 4.69) is 70.1 Å². The van der Waals surface area contributed by atoms with E-state index in [1.54, 1.807) is 0 Å². The molecule has 2 saturated heterocycles. The molecular formula is C24H37ClN4. The zero-order valence-corrected chi connectivity index (χ0v) is 19.3. The van der Waals surface area contributed by atoms with E-state index in [1.165, 1.54) is 24.5 Å². The summed E-state index contributed by atoms with van der Waals surface area (Å²) in [4.78, 5) is 9.51. The molecule has 0 saturated carbocycles. The highest BCUT2D eigenvalue weighted by atomic mass is 35.5. The van der Waals surface area contributed by atoms with Crippen LogP contribution in [0.2, 0.25) is 5.02 Å². The zero-order chi connectivity index (χ0) is 21.1. The molecule has 5 heteroatoms. The van der Waals surface area contributed by atoms with E-state index in [0.717, 1.165) is 44.3 Å². The second-order valence-electron chi connectivity index (χ2n) is 7.37. The molecule has 4 nitrogen and oxygen atoms in total. The van der Waals surface area contributed by atoms with E-state index in [4.69, 9.17) is 11.6 Å². The molecule has 2 heterocycles. The molecule has 0 aromatic heterocycles. The molecule has 0 bridgehead atoms. The predicted molar refractivity (Wildman–Crippen MR) is 129 cm³/mol. The van der Waals surface area contributed by atoms with Gasteiger partial charge in [-0.15, -0.1) is 0 Å². The normalized spacial score (nSPS) is 17.7. The Balaban J connectivity index is 0.000000191. The molecule has 0 N–H and O–H groups in total. The Bertz CT molecular complexity index is 678. The third kappa shape index (κ3) is 7.54. The van der Waals surface area contributed by atoms with E-state index in [-0.39, 0.29) is 0 Å². The van der Waals surface area contributed by atoms with Gasteiger partial charge in [-0.25, -0.2) is 0 Å². The van der Waals surface area contributed by atoms with E-state index < -0.39 is 0 Å². The lowest BCUT2D eigenvalue weighted by molar-refractivity contribution is 0.313. The van der Waals surface area contributed by atoms with Gasteiger partial charge in [-0.05, 0) is 38.4 Å². The maximum atomic E-state index is 6.14. The van der Waals surface area contributed by atoms with E-state index >= 15 is 0 Å². The average molecular weight is 417 g/mol. The van der Waals surface area contributed by atoms with Gasteiger partial charge in [0, 0.05) is 58.0 Å². The van der Waals surface area contributed by atoms with Gasteiger partial charge < -0.3 is 19.6 Å². The van der Waals surface area contributed by atoms with Gasteiger partial charge in [0.05, 0.1) is 10.7 Å². The maximum Gasteiger partial charge on any atom is 0.0639 e. The maximum absolute atomic E-state index is 6.14. The number of para-hydroxylation sites is 2. The number of anilines is 2. The SMILES string of the molecule is CC.CN1CCN(c2ccccc2)CC1.CN1CCN(c2ccccc2Cl)CC1. The molecule has 0 unspecified atom stereocenters. The van der Waals surface area contributed by atoms with Gasteiger partial charge in [-0.2, -0.15) is 0 Å². The summed E-state index contributed by atoms with van der Waals surface area (Å²) in [5, 5.41) is 0.858. The Labute approximate surface area is 182 Å². The number of piperazine rings is 2. The second kappa shape index (κ2) is 12.7. The van der Waals surface area contributed by atoms with Crippen LogP contribution in [0.3, 0.4) is 0 Å². The first-order chi connectivity index (χ1) is 14.1. The van der Waals surface area contributed by atoms with Crippen molar-refractivity contribution in [3.63, 3.8) is 0 Å². The van der Waals surface area contributed by atoms with Crippen molar-refractivity contribution >= 4 is 23.0 Å². The number of rotatable bonds is 2. The lowest BCUT2D eigenvalue weighted by Crippen LogP contribution is -2.44. The van der Waals surface area contributed by atoms with Gasteiger partial charge in [0.25, 0.3) is 0 Å². The van der Waals surface area contributed by atoms with Crippen LogP contribution in [-0.4, -0.2) is 76.3 Å². The van der Waals surface area contributed by atoms with E-state index in [1.807, 2.05) is 32.0 Å². The topological polar surface area (TPSA) is 13.0 Å². The van der Waals surface area contributed by atoms with Crippen LogP contribution < -0.4 is 9.80 Å². The van der Waals surface area contributed by atoms with Crippen molar-refractivity contribution in [3.05, 3.63) is 59.6 Å². The number of benzene rings is 2. The van der Waals surface area contributed by atoms with Gasteiger partial charge in [0.15, 0.2) is 0 Å². The largest absolute Gasteiger partial charge is 0.369 e. The molecule has 29 heavy (non-hydrogen) atoms. The third-order valence-corrected chi connectivity index (χ3v) is 5.64. The highest BCUT2D eigenvalue weighted by molar-refractivity contribution is 6.33. The molecule has 0 radical (unpaired) electrons. The van der Waals surface area contributed by atoms with Crippen molar-refractivity contribution in [1.82, 2.24) is 9.80 Å². The van der Waals surface area contributed by atoms with Gasteiger partial charge >= 0.3 is 0 Å². The highest BCUT2D eigenvalue weighted by Gasteiger charge is 2.15. The van der Waals surface area contributed by atoms with Crippen molar-refractivity contribution in [1.29, 1.82) is 0 Å². The molecule has 2 aliphatic heterocycles. The predicted octanol–water partition coefficient (Wildman–Crippen LogP) is 4.56. The third-order valence-electron chi connectivity index (χ3n) is 5.32. The fraction of sp³-hybridized carbons (Fsp3) is 0.500. The van der Waals surface area contributed by atoms with Crippen LogP contribution in [0, 0.1) is 0 Å². The quantitative estimate of drug-likeness (QED) is 0.711. The van der Waals surface area contributed by atoms with Gasteiger partial charge in [0.1, 0.15) is 0 Å². The highest BCUT2D eigenvalue weighted by Crippen LogP contribution is 2.25. The summed E-state index contributed by atoms with van der Waals surface area (Å²) in [6, 6.07) is 18.7. The molecular weight excluding hydrogens is 380 g/mol. The van der Waals surface area contributed by atoms with Crippen LogP contribution in [0.1, 0.15) is 13.8 Å². The first-order valence-electron chi connectivity index (χ1n) is 10.8. The minimum Gasteiger partial charge on any atom is -0.369 e.